The minimum atomic E-state index is 0.230. The molecule has 0 radical (unpaired) electrons. The van der Waals surface area contributed by atoms with Crippen LogP contribution in [0, 0.1) is 13.8 Å². The quantitative estimate of drug-likeness (QED) is 0.809. The summed E-state index contributed by atoms with van der Waals surface area (Å²) in [6, 6.07) is 6.91. The van der Waals surface area contributed by atoms with Crippen LogP contribution < -0.4 is 5.32 Å². The molecule has 1 aromatic rings. The van der Waals surface area contributed by atoms with Crippen molar-refractivity contribution in [1.29, 1.82) is 0 Å². The molecule has 1 atom stereocenters. The molecule has 0 spiro atoms. The molecule has 94 valence electrons. The van der Waals surface area contributed by atoms with Gasteiger partial charge in [0.1, 0.15) is 0 Å². The molecule has 1 heterocycles. The summed E-state index contributed by atoms with van der Waals surface area (Å²) in [5.74, 6) is 0. The lowest BCUT2D eigenvalue weighted by atomic mass is 9.80. The second-order valence-electron chi connectivity index (χ2n) is 5.49. The van der Waals surface area contributed by atoms with Crippen molar-refractivity contribution in [3.05, 3.63) is 34.9 Å². The summed E-state index contributed by atoms with van der Waals surface area (Å²) < 4.78 is 0. The van der Waals surface area contributed by atoms with Gasteiger partial charge in [-0.2, -0.15) is 0 Å². The lowest BCUT2D eigenvalue weighted by molar-refractivity contribution is 0.311. The topological polar surface area (TPSA) is 12.0 Å². The molecule has 0 aliphatic carbocycles. The Bertz CT molecular complexity index is 373. The summed E-state index contributed by atoms with van der Waals surface area (Å²) in [4.78, 5) is 0. The highest BCUT2D eigenvalue weighted by Crippen LogP contribution is 2.35. The molecule has 0 bridgehead atoms. The Morgan fingerprint density at radius 2 is 2.00 bits per heavy atom. The predicted octanol–water partition coefficient (Wildman–Crippen LogP) is 4.07. The van der Waals surface area contributed by atoms with Crippen LogP contribution >= 0.6 is 0 Å². The zero-order chi connectivity index (χ0) is 12.3. The largest absolute Gasteiger partial charge is 0.307 e. The molecule has 1 nitrogen and oxygen atoms in total. The van der Waals surface area contributed by atoms with Crippen molar-refractivity contribution in [2.45, 2.75) is 58.4 Å². The molecule has 1 fully saturated rings. The molecule has 1 aliphatic rings. The third-order valence-corrected chi connectivity index (χ3v) is 4.24. The van der Waals surface area contributed by atoms with Crippen molar-refractivity contribution in [2.75, 3.05) is 6.54 Å². The summed E-state index contributed by atoms with van der Waals surface area (Å²) >= 11 is 0. The van der Waals surface area contributed by atoms with Crippen LogP contribution in [-0.4, -0.2) is 6.54 Å². The van der Waals surface area contributed by atoms with Crippen molar-refractivity contribution in [1.82, 2.24) is 5.32 Å². The van der Waals surface area contributed by atoms with Gasteiger partial charge in [-0.1, -0.05) is 43.5 Å². The first-order valence-corrected chi connectivity index (χ1v) is 7.01. The maximum absolute atomic E-state index is 3.82. The summed E-state index contributed by atoms with van der Waals surface area (Å²) in [6.45, 7) is 7.92. The summed E-state index contributed by atoms with van der Waals surface area (Å²) in [5, 5.41) is 3.82. The molecular formula is C16H25N. The summed E-state index contributed by atoms with van der Waals surface area (Å²) in [7, 11) is 0. The van der Waals surface area contributed by atoms with Gasteiger partial charge in [-0.15, -0.1) is 0 Å². The predicted molar refractivity (Wildman–Crippen MR) is 74.4 cm³/mol. The molecule has 1 N–H and O–H groups in total. The van der Waals surface area contributed by atoms with Gasteiger partial charge in [0.25, 0.3) is 0 Å². The normalized spacial score (nSPS) is 25.6. The number of nitrogens with one attached hydrogen (secondary N) is 1. The van der Waals surface area contributed by atoms with Crippen LogP contribution in [0.25, 0.3) is 0 Å². The van der Waals surface area contributed by atoms with Gasteiger partial charge in [0, 0.05) is 5.54 Å². The van der Waals surface area contributed by atoms with E-state index in [0.717, 1.165) is 0 Å². The molecule has 2 rings (SSSR count). The summed E-state index contributed by atoms with van der Waals surface area (Å²) in [5.41, 5.74) is 4.56. The van der Waals surface area contributed by atoms with E-state index in [-0.39, 0.29) is 5.54 Å². The third kappa shape index (κ3) is 2.55. The Morgan fingerprint density at radius 3 is 2.71 bits per heavy atom. The highest BCUT2D eigenvalue weighted by atomic mass is 15.0. The molecule has 1 saturated heterocycles. The van der Waals surface area contributed by atoms with E-state index in [2.05, 4.69) is 44.3 Å². The van der Waals surface area contributed by atoms with Crippen molar-refractivity contribution >= 4 is 0 Å². The van der Waals surface area contributed by atoms with Crippen LogP contribution in [0.4, 0.5) is 0 Å². The first-order valence-electron chi connectivity index (χ1n) is 7.01. The van der Waals surface area contributed by atoms with Crippen LogP contribution in [0.1, 0.15) is 55.7 Å². The lowest BCUT2D eigenvalue weighted by Gasteiger charge is -2.35. The minimum absolute atomic E-state index is 0.230. The zero-order valence-corrected chi connectivity index (χ0v) is 11.5. The van der Waals surface area contributed by atoms with E-state index >= 15 is 0 Å². The first kappa shape index (κ1) is 12.6. The lowest BCUT2D eigenvalue weighted by Crippen LogP contribution is -2.41. The van der Waals surface area contributed by atoms with Gasteiger partial charge in [0.2, 0.25) is 0 Å². The first-order chi connectivity index (χ1) is 8.18. The number of aryl methyl sites for hydroxylation is 2. The van der Waals surface area contributed by atoms with Crippen LogP contribution in [0.2, 0.25) is 0 Å². The fourth-order valence-electron chi connectivity index (χ4n) is 3.22. The van der Waals surface area contributed by atoms with Gasteiger partial charge in [0.05, 0.1) is 0 Å². The molecule has 1 heteroatoms. The van der Waals surface area contributed by atoms with E-state index in [1.165, 1.54) is 55.3 Å². The average molecular weight is 231 g/mol. The zero-order valence-electron chi connectivity index (χ0n) is 11.5. The molecule has 1 unspecified atom stereocenters. The van der Waals surface area contributed by atoms with Crippen LogP contribution in [0.3, 0.4) is 0 Å². The monoisotopic (exact) mass is 231 g/mol. The molecule has 17 heavy (non-hydrogen) atoms. The average Bonchev–Trinajstić information content (AvgIpc) is 2.55. The van der Waals surface area contributed by atoms with Gasteiger partial charge in [-0.25, -0.2) is 0 Å². The van der Waals surface area contributed by atoms with Crippen molar-refractivity contribution in [3.8, 4) is 0 Å². The molecule has 1 aliphatic heterocycles. The number of benzene rings is 1. The molecule has 0 aromatic heterocycles. The van der Waals surface area contributed by atoms with Crippen LogP contribution in [0.5, 0.6) is 0 Å². The third-order valence-electron chi connectivity index (χ3n) is 4.24. The Balaban J connectivity index is 2.38. The fourth-order valence-corrected chi connectivity index (χ4v) is 3.22. The van der Waals surface area contributed by atoms with Crippen LogP contribution in [0.15, 0.2) is 18.2 Å². The van der Waals surface area contributed by atoms with Gasteiger partial charge in [0.15, 0.2) is 0 Å². The Hall–Kier alpha value is -0.820. The van der Waals surface area contributed by atoms with Gasteiger partial charge < -0.3 is 5.32 Å². The smallest absolute Gasteiger partial charge is 0.0434 e. The van der Waals surface area contributed by atoms with E-state index in [4.69, 9.17) is 0 Å². The maximum Gasteiger partial charge on any atom is 0.0434 e. The van der Waals surface area contributed by atoms with Crippen molar-refractivity contribution in [3.63, 3.8) is 0 Å². The summed E-state index contributed by atoms with van der Waals surface area (Å²) in [6.07, 6.45) is 6.53. The fraction of sp³-hybridized carbons (Fsp3) is 0.625. The Labute approximate surface area is 106 Å². The molecular weight excluding hydrogens is 206 g/mol. The maximum atomic E-state index is 3.82. The molecule has 0 saturated carbocycles. The minimum Gasteiger partial charge on any atom is -0.307 e. The number of hydrogen-bond donors (Lipinski definition) is 1. The van der Waals surface area contributed by atoms with Gasteiger partial charge >= 0.3 is 0 Å². The number of hydrogen-bond acceptors (Lipinski definition) is 1. The van der Waals surface area contributed by atoms with E-state index in [1.807, 2.05) is 0 Å². The highest BCUT2D eigenvalue weighted by molar-refractivity contribution is 5.36. The van der Waals surface area contributed by atoms with E-state index in [1.54, 1.807) is 0 Å². The highest BCUT2D eigenvalue weighted by Gasteiger charge is 2.31. The second-order valence-corrected chi connectivity index (χ2v) is 5.49. The second kappa shape index (κ2) is 5.22. The SMILES string of the molecule is CCC1(c2ccc(C)cc2C)CCCCCN1. The Kier molecular flexibility index (Phi) is 3.88. The van der Waals surface area contributed by atoms with Crippen molar-refractivity contribution < 1.29 is 0 Å². The standard InChI is InChI=1S/C16H25N/c1-4-16(10-6-5-7-11-17-16)15-9-8-13(2)12-14(15)3/h8-9,12,17H,4-7,10-11H2,1-3H3. The molecule has 1 aromatic carbocycles. The van der Waals surface area contributed by atoms with Gasteiger partial charge in [-0.3, -0.25) is 0 Å². The van der Waals surface area contributed by atoms with Crippen LogP contribution in [-0.2, 0) is 5.54 Å². The van der Waals surface area contributed by atoms with E-state index in [0.29, 0.717) is 0 Å². The molecule has 0 amide bonds. The number of rotatable bonds is 2. The van der Waals surface area contributed by atoms with Gasteiger partial charge in [-0.05, 0) is 50.8 Å². The Morgan fingerprint density at radius 1 is 1.18 bits per heavy atom. The van der Waals surface area contributed by atoms with E-state index in [9.17, 15) is 0 Å². The van der Waals surface area contributed by atoms with E-state index < -0.39 is 0 Å². The van der Waals surface area contributed by atoms with Crippen molar-refractivity contribution in [2.24, 2.45) is 0 Å².